The summed E-state index contributed by atoms with van der Waals surface area (Å²) in [7, 11) is 1.33. The highest BCUT2D eigenvalue weighted by Crippen LogP contribution is 2.19. The van der Waals surface area contributed by atoms with Gasteiger partial charge < -0.3 is 14.8 Å². The number of alkyl carbamates (subject to hydrolysis) is 1. The van der Waals surface area contributed by atoms with E-state index in [-0.39, 0.29) is 18.4 Å². The monoisotopic (exact) mass is 325 g/mol. The molecular formula is C16H23NO4S. The number of ether oxygens (including phenoxy) is 2. The molecule has 1 amide bonds. The minimum Gasteiger partial charge on any atom is -0.469 e. The van der Waals surface area contributed by atoms with E-state index in [1.165, 1.54) is 7.11 Å². The lowest BCUT2D eigenvalue weighted by Gasteiger charge is -2.23. The van der Waals surface area contributed by atoms with Crippen molar-refractivity contribution in [1.29, 1.82) is 0 Å². The van der Waals surface area contributed by atoms with Gasteiger partial charge in [-0.05, 0) is 32.9 Å². The van der Waals surface area contributed by atoms with E-state index in [4.69, 9.17) is 4.74 Å². The van der Waals surface area contributed by atoms with Gasteiger partial charge in [-0.15, -0.1) is 11.8 Å². The number of methoxy groups -OCH3 is 1. The summed E-state index contributed by atoms with van der Waals surface area (Å²) in [6, 6.07) is 9.43. The molecule has 5 nitrogen and oxygen atoms in total. The molecule has 0 unspecified atom stereocenters. The van der Waals surface area contributed by atoms with E-state index in [2.05, 4.69) is 10.1 Å². The van der Waals surface area contributed by atoms with E-state index in [0.717, 1.165) is 4.90 Å². The molecule has 0 heterocycles. The maximum atomic E-state index is 11.9. The van der Waals surface area contributed by atoms with E-state index in [1.807, 2.05) is 30.3 Å². The highest BCUT2D eigenvalue weighted by atomic mass is 32.2. The molecule has 6 heteroatoms. The molecule has 1 aromatic rings. The van der Waals surface area contributed by atoms with Crippen molar-refractivity contribution in [3.8, 4) is 0 Å². The molecule has 0 aromatic heterocycles. The van der Waals surface area contributed by atoms with Gasteiger partial charge in [-0.1, -0.05) is 18.2 Å². The molecule has 0 aliphatic carbocycles. The second-order valence-corrected chi connectivity index (χ2v) is 6.84. The van der Waals surface area contributed by atoms with Crippen molar-refractivity contribution in [2.45, 2.75) is 43.7 Å². The summed E-state index contributed by atoms with van der Waals surface area (Å²) in [4.78, 5) is 24.4. The third-order valence-corrected chi connectivity index (χ3v) is 3.73. The largest absolute Gasteiger partial charge is 0.469 e. The zero-order valence-corrected chi connectivity index (χ0v) is 14.2. The van der Waals surface area contributed by atoms with Crippen molar-refractivity contribution < 1.29 is 19.1 Å². The zero-order chi connectivity index (χ0) is 16.6. The molecule has 1 N–H and O–H groups in total. The Labute approximate surface area is 135 Å². The summed E-state index contributed by atoms with van der Waals surface area (Å²) < 4.78 is 9.90. The molecule has 122 valence electrons. The maximum absolute atomic E-state index is 11.9. The smallest absolute Gasteiger partial charge is 0.407 e. The predicted molar refractivity (Wildman–Crippen MR) is 87.0 cm³/mol. The van der Waals surface area contributed by atoms with Gasteiger partial charge in [0.2, 0.25) is 0 Å². The van der Waals surface area contributed by atoms with E-state index >= 15 is 0 Å². The first-order valence-electron chi connectivity index (χ1n) is 7.04. The van der Waals surface area contributed by atoms with Crippen LogP contribution in [0.3, 0.4) is 0 Å². The van der Waals surface area contributed by atoms with Crippen LogP contribution >= 0.6 is 11.8 Å². The van der Waals surface area contributed by atoms with Gasteiger partial charge in [0.25, 0.3) is 0 Å². The predicted octanol–water partition coefficient (Wildman–Crippen LogP) is 3.24. The molecule has 0 radical (unpaired) electrons. The highest BCUT2D eigenvalue weighted by molar-refractivity contribution is 7.99. The topological polar surface area (TPSA) is 64.6 Å². The van der Waals surface area contributed by atoms with Crippen LogP contribution in [0, 0.1) is 0 Å². The molecule has 22 heavy (non-hydrogen) atoms. The Morgan fingerprint density at radius 1 is 1.23 bits per heavy atom. The van der Waals surface area contributed by atoms with Gasteiger partial charge in [0.1, 0.15) is 5.60 Å². The van der Waals surface area contributed by atoms with E-state index < -0.39 is 11.7 Å². The lowest BCUT2D eigenvalue weighted by atomic mass is 10.2. The second kappa shape index (κ2) is 8.68. The van der Waals surface area contributed by atoms with Crippen LogP contribution in [0.5, 0.6) is 0 Å². The summed E-state index contributed by atoms with van der Waals surface area (Å²) in [5, 5.41) is 2.73. The Morgan fingerprint density at radius 3 is 2.41 bits per heavy atom. The van der Waals surface area contributed by atoms with Crippen molar-refractivity contribution in [2.75, 3.05) is 12.9 Å². The Morgan fingerprint density at radius 2 is 1.86 bits per heavy atom. The molecular weight excluding hydrogens is 302 g/mol. The maximum Gasteiger partial charge on any atom is 0.407 e. The van der Waals surface area contributed by atoms with Gasteiger partial charge in [0.05, 0.1) is 19.6 Å². The third-order valence-electron chi connectivity index (χ3n) is 2.56. The van der Waals surface area contributed by atoms with Gasteiger partial charge in [-0.2, -0.15) is 0 Å². The summed E-state index contributed by atoms with van der Waals surface area (Å²) in [5.74, 6) is 0.188. The minimum absolute atomic E-state index is 0.107. The van der Waals surface area contributed by atoms with Crippen LogP contribution in [-0.4, -0.2) is 36.6 Å². The number of amides is 1. The number of nitrogens with one attached hydrogen (secondary N) is 1. The van der Waals surface area contributed by atoms with Crippen LogP contribution in [-0.2, 0) is 14.3 Å². The first-order valence-corrected chi connectivity index (χ1v) is 8.03. The average Bonchev–Trinajstić information content (AvgIpc) is 2.43. The van der Waals surface area contributed by atoms with Gasteiger partial charge in [-0.25, -0.2) is 4.79 Å². The first-order chi connectivity index (χ1) is 10.3. The number of esters is 1. The van der Waals surface area contributed by atoms with Crippen LogP contribution in [0.4, 0.5) is 4.79 Å². The molecule has 1 rings (SSSR count). The fraction of sp³-hybridized carbons (Fsp3) is 0.500. The average molecular weight is 325 g/mol. The van der Waals surface area contributed by atoms with Crippen LogP contribution in [0.1, 0.15) is 27.2 Å². The molecule has 0 aliphatic rings. The number of hydrogen-bond donors (Lipinski definition) is 1. The van der Waals surface area contributed by atoms with E-state index in [9.17, 15) is 9.59 Å². The van der Waals surface area contributed by atoms with Crippen molar-refractivity contribution in [3.05, 3.63) is 30.3 Å². The fourth-order valence-corrected chi connectivity index (χ4v) is 2.57. The quantitative estimate of drug-likeness (QED) is 0.642. The molecule has 0 fully saturated rings. The van der Waals surface area contributed by atoms with Crippen LogP contribution in [0.25, 0.3) is 0 Å². The first kappa shape index (κ1) is 18.4. The van der Waals surface area contributed by atoms with Crippen molar-refractivity contribution in [3.63, 3.8) is 0 Å². The fourth-order valence-electron chi connectivity index (χ4n) is 1.62. The lowest BCUT2D eigenvalue weighted by Crippen LogP contribution is -2.41. The van der Waals surface area contributed by atoms with Crippen molar-refractivity contribution in [1.82, 2.24) is 5.32 Å². The van der Waals surface area contributed by atoms with Crippen LogP contribution in [0.15, 0.2) is 35.2 Å². The minimum atomic E-state index is -0.577. The van der Waals surface area contributed by atoms with Crippen LogP contribution < -0.4 is 5.32 Å². The Balaban J connectivity index is 2.59. The SMILES string of the molecule is COC(=O)C[C@H](CSc1ccccc1)NC(=O)OC(C)(C)C. The van der Waals surface area contributed by atoms with Crippen LogP contribution in [0.2, 0.25) is 0 Å². The lowest BCUT2D eigenvalue weighted by molar-refractivity contribution is -0.141. The molecule has 1 atom stereocenters. The number of carbonyl (C=O) groups is 2. The Bertz CT molecular complexity index is 485. The van der Waals surface area contributed by atoms with Gasteiger partial charge in [-0.3, -0.25) is 4.79 Å². The number of hydrogen-bond acceptors (Lipinski definition) is 5. The second-order valence-electron chi connectivity index (χ2n) is 5.75. The molecule has 0 saturated carbocycles. The Hall–Kier alpha value is -1.69. The normalized spacial score (nSPS) is 12.4. The van der Waals surface area contributed by atoms with Crippen molar-refractivity contribution in [2.24, 2.45) is 0 Å². The van der Waals surface area contributed by atoms with E-state index in [1.54, 1.807) is 32.5 Å². The molecule has 0 bridgehead atoms. The summed E-state index contributed by atoms with van der Waals surface area (Å²) in [6.45, 7) is 5.38. The summed E-state index contributed by atoms with van der Waals surface area (Å²) >= 11 is 1.56. The number of thioether (sulfide) groups is 1. The molecule has 1 aromatic carbocycles. The number of benzene rings is 1. The van der Waals surface area contributed by atoms with Gasteiger partial charge in [0, 0.05) is 10.6 Å². The van der Waals surface area contributed by atoms with Crippen molar-refractivity contribution >= 4 is 23.8 Å². The standard InChI is InChI=1S/C16H23NO4S/c1-16(2,3)21-15(19)17-12(10-14(18)20-4)11-22-13-8-6-5-7-9-13/h5-9,12H,10-11H2,1-4H3,(H,17,19)/t12-/m1/s1. The molecule has 0 saturated heterocycles. The number of rotatable bonds is 6. The zero-order valence-electron chi connectivity index (χ0n) is 13.4. The van der Waals surface area contributed by atoms with E-state index in [0.29, 0.717) is 5.75 Å². The summed E-state index contributed by atoms with van der Waals surface area (Å²) in [5.41, 5.74) is -0.577. The Kier molecular flexibility index (Phi) is 7.24. The molecule has 0 spiro atoms. The molecule has 0 aliphatic heterocycles. The highest BCUT2D eigenvalue weighted by Gasteiger charge is 2.21. The number of carbonyl (C=O) groups excluding carboxylic acids is 2. The van der Waals surface area contributed by atoms with Gasteiger partial charge >= 0.3 is 12.1 Å². The summed E-state index contributed by atoms with van der Waals surface area (Å²) in [6.07, 6.45) is -0.426. The third kappa shape index (κ3) is 7.93. The van der Waals surface area contributed by atoms with Gasteiger partial charge in [0.15, 0.2) is 0 Å².